The molecule has 0 radical (unpaired) electrons. The Kier molecular flexibility index (Phi) is 4.56. The largest absolute Gasteiger partial charge is 0.360 e. The van der Waals surface area contributed by atoms with Crippen LogP contribution in [-0.2, 0) is 6.42 Å². The summed E-state index contributed by atoms with van der Waals surface area (Å²) in [5.74, 6) is 2.00. The average Bonchev–Trinajstić information content (AvgIpc) is 2.59. The number of nitrogens with zero attached hydrogens (tertiary/aromatic N) is 4. The zero-order chi connectivity index (χ0) is 15.4. The van der Waals surface area contributed by atoms with Crippen molar-refractivity contribution in [2.75, 3.05) is 29.9 Å². The molecular formula is C18H24N4. The van der Waals surface area contributed by atoms with E-state index in [1.54, 1.807) is 6.33 Å². The van der Waals surface area contributed by atoms with Gasteiger partial charge in [0.1, 0.15) is 18.0 Å². The number of anilines is 3. The van der Waals surface area contributed by atoms with E-state index in [0.717, 1.165) is 31.1 Å². The molecule has 0 saturated carbocycles. The van der Waals surface area contributed by atoms with Crippen molar-refractivity contribution in [3.8, 4) is 0 Å². The van der Waals surface area contributed by atoms with Crippen LogP contribution in [0.5, 0.6) is 0 Å². The first-order chi connectivity index (χ1) is 10.8. The van der Waals surface area contributed by atoms with Crippen LogP contribution in [0.15, 0.2) is 36.7 Å². The maximum atomic E-state index is 4.51. The molecule has 0 aliphatic carbocycles. The minimum atomic E-state index is 1.00. The van der Waals surface area contributed by atoms with Crippen molar-refractivity contribution in [3.05, 3.63) is 42.2 Å². The van der Waals surface area contributed by atoms with E-state index in [1.807, 2.05) is 0 Å². The van der Waals surface area contributed by atoms with Crippen molar-refractivity contribution in [2.24, 2.45) is 0 Å². The van der Waals surface area contributed by atoms with Crippen molar-refractivity contribution in [1.29, 1.82) is 0 Å². The van der Waals surface area contributed by atoms with Crippen LogP contribution in [0.4, 0.5) is 17.3 Å². The van der Waals surface area contributed by atoms with E-state index in [1.165, 1.54) is 30.5 Å². The minimum absolute atomic E-state index is 1.00. The van der Waals surface area contributed by atoms with E-state index in [4.69, 9.17) is 0 Å². The molecule has 3 rings (SSSR count). The van der Waals surface area contributed by atoms with Gasteiger partial charge in [0.15, 0.2) is 0 Å². The average molecular weight is 296 g/mol. The van der Waals surface area contributed by atoms with Crippen LogP contribution < -0.4 is 9.80 Å². The molecule has 4 nitrogen and oxygen atoms in total. The Morgan fingerprint density at radius 1 is 1.23 bits per heavy atom. The fraction of sp³-hybridized carbons (Fsp3) is 0.444. The molecular weight excluding hydrogens is 272 g/mol. The molecule has 0 unspecified atom stereocenters. The summed E-state index contributed by atoms with van der Waals surface area (Å²) in [7, 11) is 2.10. The van der Waals surface area contributed by atoms with Crippen LogP contribution in [0.25, 0.3) is 0 Å². The first-order valence-electron chi connectivity index (χ1n) is 8.18. The van der Waals surface area contributed by atoms with E-state index in [2.05, 4.69) is 64.1 Å². The third-order valence-corrected chi connectivity index (χ3v) is 4.26. The van der Waals surface area contributed by atoms with E-state index in [9.17, 15) is 0 Å². The molecule has 0 amide bonds. The second kappa shape index (κ2) is 6.77. The van der Waals surface area contributed by atoms with Gasteiger partial charge in [-0.2, -0.15) is 0 Å². The number of para-hydroxylation sites is 1. The van der Waals surface area contributed by atoms with Crippen LogP contribution >= 0.6 is 0 Å². The highest BCUT2D eigenvalue weighted by molar-refractivity contribution is 5.66. The summed E-state index contributed by atoms with van der Waals surface area (Å²) in [6, 6.07) is 10.7. The molecule has 4 heteroatoms. The maximum absolute atomic E-state index is 4.51. The van der Waals surface area contributed by atoms with Crippen LogP contribution in [0.2, 0.25) is 0 Å². The fourth-order valence-electron chi connectivity index (χ4n) is 2.97. The summed E-state index contributed by atoms with van der Waals surface area (Å²) < 4.78 is 0. The molecule has 0 atom stereocenters. The summed E-state index contributed by atoms with van der Waals surface area (Å²) in [6.45, 7) is 4.26. The quantitative estimate of drug-likeness (QED) is 0.840. The van der Waals surface area contributed by atoms with Gasteiger partial charge in [-0.3, -0.25) is 0 Å². The van der Waals surface area contributed by atoms with Crippen molar-refractivity contribution in [2.45, 2.75) is 32.6 Å². The van der Waals surface area contributed by atoms with Gasteiger partial charge >= 0.3 is 0 Å². The van der Waals surface area contributed by atoms with Crippen molar-refractivity contribution >= 4 is 17.3 Å². The number of benzene rings is 1. The summed E-state index contributed by atoms with van der Waals surface area (Å²) in [5.41, 5.74) is 2.70. The van der Waals surface area contributed by atoms with Gasteiger partial charge in [0.05, 0.1) is 0 Å². The van der Waals surface area contributed by atoms with Gasteiger partial charge in [-0.15, -0.1) is 0 Å². The second-order valence-electron chi connectivity index (χ2n) is 5.89. The topological polar surface area (TPSA) is 32.3 Å². The second-order valence-corrected chi connectivity index (χ2v) is 5.89. The van der Waals surface area contributed by atoms with Crippen molar-refractivity contribution < 1.29 is 0 Å². The lowest BCUT2D eigenvalue weighted by Crippen LogP contribution is -2.26. The van der Waals surface area contributed by atoms with Crippen LogP contribution in [-0.4, -0.2) is 30.1 Å². The van der Waals surface area contributed by atoms with Gasteiger partial charge < -0.3 is 9.80 Å². The number of aromatic nitrogens is 2. The standard InChI is InChI=1S/C18H24N4/c1-3-4-11-21(2)17-13-18(20-14-19-17)22-12-7-9-15-8-5-6-10-16(15)22/h5-6,8,10,13-14H,3-4,7,9,11-12H2,1-2H3. The number of hydrogen-bond acceptors (Lipinski definition) is 4. The SMILES string of the molecule is CCCCN(C)c1cc(N2CCCc3ccccc32)ncn1. The van der Waals surface area contributed by atoms with E-state index >= 15 is 0 Å². The summed E-state index contributed by atoms with van der Waals surface area (Å²) in [5, 5.41) is 0. The Balaban J connectivity index is 1.87. The molecule has 1 aromatic heterocycles. The number of hydrogen-bond donors (Lipinski definition) is 0. The highest BCUT2D eigenvalue weighted by Crippen LogP contribution is 2.32. The molecule has 1 aliphatic heterocycles. The van der Waals surface area contributed by atoms with Crippen molar-refractivity contribution in [3.63, 3.8) is 0 Å². The zero-order valence-corrected chi connectivity index (χ0v) is 13.5. The predicted octanol–water partition coefficient (Wildman–Crippen LogP) is 3.80. The Hall–Kier alpha value is -2.10. The summed E-state index contributed by atoms with van der Waals surface area (Å²) in [4.78, 5) is 13.5. The summed E-state index contributed by atoms with van der Waals surface area (Å²) in [6.07, 6.45) is 6.39. The zero-order valence-electron chi connectivity index (χ0n) is 13.5. The molecule has 116 valence electrons. The summed E-state index contributed by atoms with van der Waals surface area (Å²) >= 11 is 0. The first kappa shape index (κ1) is 14.8. The maximum Gasteiger partial charge on any atom is 0.138 e. The van der Waals surface area contributed by atoms with Gasteiger partial charge in [0.2, 0.25) is 0 Å². The van der Waals surface area contributed by atoms with Gasteiger partial charge in [-0.1, -0.05) is 31.5 Å². The molecule has 0 saturated heterocycles. The lowest BCUT2D eigenvalue weighted by Gasteiger charge is -2.30. The first-order valence-corrected chi connectivity index (χ1v) is 8.18. The van der Waals surface area contributed by atoms with Gasteiger partial charge in [-0.25, -0.2) is 9.97 Å². The predicted molar refractivity (Wildman–Crippen MR) is 92.0 cm³/mol. The highest BCUT2D eigenvalue weighted by atomic mass is 15.2. The van der Waals surface area contributed by atoms with Gasteiger partial charge in [0.25, 0.3) is 0 Å². The van der Waals surface area contributed by atoms with E-state index in [0.29, 0.717) is 0 Å². The van der Waals surface area contributed by atoms with Crippen LogP contribution in [0.3, 0.4) is 0 Å². The lowest BCUT2D eigenvalue weighted by molar-refractivity contribution is 0.748. The molecule has 2 heterocycles. The Morgan fingerprint density at radius 3 is 2.95 bits per heavy atom. The lowest BCUT2D eigenvalue weighted by atomic mass is 10.0. The third kappa shape index (κ3) is 3.06. The number of fused-ring (bicyclic) bond motifs is 1. The van der Waals surface area contributed by atoms with Crippen LogP contribution in [0, 0.1) is 0 Å². The highest BCUT2D eigenvalue weighted by Gasteiger charge is 2.19. The smallest absolute Gasteiger partial charge is 0.138 e. The Bertz CT molecular complexity index is 626. The monoisotopic (exact) mass is 296 g/mol. The normalized spacial score (nSPS) is 13.8. The van der Waals surface area contributed by atoms with Crippen LogP contribution in [0.1, 0.15) is 31.7 Å². The molecule has 0 spiro atoms. The molecule has 0 fully saturated rings. The number of unbranched alkanes of at least 4 members (excludes halogenated alkanes) is 1. The molecule has 22 heavy (non-hydrogen) atoms. The molecule has 0 bridgehead atoms. The number of rotatable bonds is 5. The Labute approximate surface area is 132 Å². The van der Waals surface area contributed by atoms with E-state index in [-0.39, 0.29) is 0 Å². The Morgan fingerprint density at radius 2 is 2.09 bits per heavy atom. The minimum Gasteiger partial charge on any atom is -0.360 e. The van der Waals surface area contributed by atoms with E-state index < -0.39 is 0 Å². The molecule has 0 N–H and O–H groups in total. The third-order valence-electron chi connectivity index (χ3n) is 4.26. The van der Waals surface area contributed by atoms with Gasteiger partial charge in [0, 0.05) is 31.9 Å². The van der Waals surface area contributed by atoms with Crippen molar-refractivity contribution in [1.82, 2.24) is 9.97 Å². The molecule has 1 aliphatic rings. The number of aryl methyl sites for hydroxylation is 1. The van der Waals surface area contributed by atoms with Gasteiger partial charge in [-0.05, 0) is 30.9 Å². The molecule has 2 aromatic rings. The molecule has 1 aromatic carbocycles. The fourth-order valence-corrected chi connectivity index (χ4v) is 2.97.